The van der Waals surface area contributed by atoms with E-state index in [1.165, 1.54) is 12.1 Å². The molecule has 0 aliphatic heterocycles. The van der Waals surface area contributed by atoms with E-state index < -0.39 is 202 Å². The molecule has 0 saturated carbocycles. The van der Waals surface area contributed by atoms with Gasteiger partial charge in [0.1, 0.15) is 11.5 Å². The second kappa shape index (κ2) is 12.9. The van der Waals surface area contributed by atoms with Gasteiger partial charge >= 0.3 is 0 Å². The molecule has 10 aromatic rings. The van der Waals surface area contributed by atoms with Crippen LogP contribution in [0.5, 0.6) is 0 Å². The van der Waals surface area contributed by atoms with Crippen LogP contribution in [0.2, 0.25) is 0 Å². The van der Waals surface area contributed by atoms with Crippen molar-refractivity contribution < 1.29 is 40.1 Å². The highest BCUT2D eigenvalue weighted by atomic mass is 16.3. The maximum absolute atomic E-state index is 9.66. The number of furan rings is 1. The van der Waals surface area contributed by atoms with E-state index >= 15 is 0 Å². The zero-order valence-electron chi connectivity index (χ0n) is 52.8. The van der Waals surface area contributed by atoms with Crippen LogP contribution in [-0.2, 0) is 0 Å². The highest BCUT2D eigenvalue weighted by molar-refractivity contribution is 6.07. The number of pyridine rings is 2. The van der Waals surface area contributed by atoms with Gasteiger partial charge in [0.2, 0.25) is 0 Å². The molecular weight excluding hydrogens is 645 g/mol. The smallest absolute Gasteiger partial charge is 0.143 e. The van der Waals surface area contributed by atoms with Crippen LogP contribution in [0.1, 0.15) is 35.6 Å². The summed E-state index contributed by atoms with van der Waals surface area (Å²) in [5, 5.41) is -0.0608. The van der Waals surface area contributed by atoms with Gasteiger partial charge in [0, 0.05) is 44.8 Å². The Morgan fingerprint density at radius 2 is 0.925 bits per heavy atom. The summed E-state index contributed by atoms with van der Waals surface area (Å²) in [6, 6.07) is -12.2. The Hall–Kier alpha value is -7.10. The summed E-state index contributed by atoms with van der Waals surface area (Å²) in [6.07, 6.45) is -0.636. The van der Waals surface area contributed by atoms with Crippen molar-refractivity contribution in [3.05, 3.63) is 194 Å². The minimum atomic E-state index is -1.00. The molecule has 0 radical (unpaired) electrons. The molecule has 3 aromatic heterocycles. The van der Waals surface area contributed by atoms with Gasteiger partial charge in [-0.2, -0.15) is 0 Å². The fraction of sp³-hybridized carbons (Fsp3) is 0. The van der Waals surface area contributed by atoms with Gasteiger partial charge in [-0.1, -0.05) is 175 Å². The van der Waals surface area contributed by atoms with Crippen LogP contribution in [-0.4, -0.2) is 9.97 Å². The maximum Gasteiger partial charge on any atom is 0.143 e. The monoisotopic (exact) mass is 702 g/mol. The third kappa shape index (κ3) is 5.38. The highest BCUT2D eigenvalue weighted by Gasteiger charge is 2.25. The van der Waals surface area contributed by atoms with E-state index in [2.05, 4.69) is 9.97 Å². The van der Waals surface area contributed by atoms with Gasteiger partial charge < -0.3 is 4.42 Å². The molecule has 53 heavy (non-hydrogen) atoms. The maximum atomic E-state index is 9.66. The predicted octanol–water partition coefficient (Wildman–Crippen LogP) is 13.5. The van der Waals surface area contributed by atoms with E-state index in [1.807, 2.05) is 0 Å². The van der Waals surface area contributed by atoms with Crippen molar-refractivity contribution in [1.29, 1.82) is 0 Å². The SMILES string of the molecule is [2H]c1nc2c(c([2H])c1[2H])c([2H])c([2H])c1c([2H])c([2H])c(-c3ccc(-c4c([2H])c([2H])c(-c5oc(-c6c([2H])c([2H])c([2H])c([2H])c6[2H])c(-c6c([2H])c([2H])c([2H])c([2H])c6[2H])c5-c5c([2H])c([2H])c([2H])c([2H])c5[2H])c([2H])c4[2H])c4ccccc34)nc12. The Morgan fingerprint density at radius 3 is 1.57 bits per heavy atom. The Bertz CT molecular complexity index is 4340. The molecule has 0 fully saturated rings. The summed E-state index contributed by atoms with van der Waals surface area (Å²) in [6.45, 7) is 0. The van der Waals surface area contributed by atoms with E-state index in [1.54, 1.807) is 24.3 Å². The van der Waals surface area contributed by atoms with Crippen LogP contribution in [0.4, 0.5) is 0 Å². The van der Waals surface area contributed by atoms with Gasteiger partial charge in [0.25, 0.3) is 0 Å². The van der Waals surface area contributed by atoms with Gasteiger partial charge in [-0.05, 0) is 45.1 Å². The van der Waals surface area contributed by atoms with Gasteiger partial charge in [-0.3, -0.25) is 4.98 Å². The summed E-state index contributed by atoms with van der Waals surface area (Å²) in [7, 11) is 0. The lowest BCUT2D eigenvalue weighted by Gasteiger charge is -2.13. The van der Waals surface area contributed by atoms with E-state index in [9.17, 15) is 5.48 Å². The van der Waals surface area contributed by atoms with Gasteiger partial charge in [-0.15, -0.1) is 0 Å². The Kier molecular flexibility index (Phi) is 3.44. The van der Waals surface area contributed by atoms with Crippen molar-refractivity contribution in [2.24, 2.45) is 0 Å². The number of nitrogens with zero attached hydrogens (tertiary/aromatic N) is 2. The lowest BCUT2D eigenvalue weighted by Crippen LogP contribution is -1.91. The highest BCUT2D eigenvalue weighted by Crippen LogP contribution is 2.48. The minimum absolute atomic E-state index is 0.0336. The molecule has 248 valence electrons. The fourth-order valence-electron chi connectivity index (χ4n) is 6.10. The Labute approximate surface area is 344 Å². The molecule has 0 spiro atoms. The second-order valence-corrected chi connectivity index (χ2v) is 11.3. The molecule has 0 saturated heterocycles. The first kappa shape index (κ1) is 14.1. The van der Waals surface area contributed by atoms with E-state index in [0.29, 0.717) is 0 Å². The molecule has 0 amide bonds. The lowest BCUT2D eigenvalue weighted by atomic mass is 9.90. The number of fused-ring (bicyclic) bond motifs is 4. The third-order valence-electron chi connectivity index (χ3n) is 8.39. The normalized spacial score (nSPS) is 18.3. The zero-order chi connectivity index (χ0) is 57.8. The fourth-order valence-corrected chi connectivity index (χ4v) is 6.10. The molecule has 0 atom stereocenters. The number of hydrogen-bond donors (Lipinski definition) is 0. The van der Waals surface area contributed by atoms with Crippen LogP contribution in [0, 0.1) is 0 Å². The number of benzene rings is 7. The number of rotatable bonds is 6. The van der Waals surface area contributed by atoms with E-state index in [4.69, 9.17) is 34.6 Å². The van der Waals surface area contributed by atoms with Crippen molar-refractivity contribution in [2.45, 2.75) is 0 Å². The molecule has 0 aliphatic carbocycles. The predicted molar refractivity (Wildman–Crippen MR) is 219 cm³/mol. The Balaban J connectivity index is 1.31. The van der Waals surface area contributed by atoms with E-state index in [0.717, 1.165) is 0 Å². The summed E-state index contributed by atoms with van der Waals surface area (Å²) in [5.74, 6) is -1.79. The van der Waals surface area contributed by atoms with Gasteiger partial charge in [0.15, 0.2) is 0 Å². The van der Waals surface area contributed by atoms with Crippen LogP contribution >= 0.6 is 0 Å². The molecule has 7 aromatic carbocycles. The van der Waals surface area contributed by atoms with Crippen LogP contribution in [0.15, 0.2) is 198 Å². The molecule has 10 rings (SSSR count). The first-order valence-electron chi connectivity index (χ1n) is 28.8. The number of aromatic nitrogens is 2. The Morgan fingerprint density at radius 1 is 0.415 bits per heavy atom. The quantitative estimate of drug-likeness (QED) is 0.162. The lowest BCUT2D eigenvalue weighted by molar-refractivity contribution is 0.599. The molecule has 0 N–H and O–H groups in total. The molecule has 3 heteroatoms. The summed E-state index contributed by atoms with van der Waals surface area (Å²) in [5.41, 5.74) is -5.66. The average Bonchev–Trinajstić information content (AvgIpc) is 3.89. The minimum Gasteiger partial charge on any atom is -0.455 e. The summed E-state index contributed by atoms with van der Waals surface area (Å²) < 4.78 is 236. The van der Waals surface area contributed by atoms with Crippen LogP contribution < -0.4 is 0 Å². The first-order chi connectivity index (χ1) is 37.1. The zero-order valence-corrected chi connectivity index (χ0v) is 26.8. The second-order valence-electron chi connectivity index (χ2n) is 11.3. The van der Waals surface area contributed by atoms with Crippen LogP contribution in [0.25, 0.3) is 99.9 Å². The van der Waals surface area contributed by atoms with Gasteiger partial charge in [-0.25, -0.2) is 4.98 Å². The molecular formula is C50H32N2O. The first-order valence-corrected chi connectivity index (χ1v) is 15.8. The van der Waals surface area contributed by atoms with Crippen molar-refractivity contribution >= 4 is 32.6 Å². The molecule has 3 nitrogen and oxygen atoms in total. The van der Waals surface area contributed by atoms with Crippen molar-refractivity contribution in [3.8, 4) is 67.3 Å². The summed E-state index contributed by atoms with van der Waals surface area (Å²) >= 11 is 0. The van der Waals surface area contributed by atoms with E-state index in [-0.39, 0.29) is 55.0 Å². The van der Waals surface area contributed by atoms with Gasteiger partial charge in [0.05, 0.1) is 52.4 Å². The standard InChI is InChI=1S/C50H32N2O/c1-4-13-34(14-5-1)45-46(35-15-6-2-7-16-35)50(53-49(45)38-17-8-3-9-18-38)39-26-22-33(23-27-39)40-29-30-43(42-21-11-10-20-41(40)42)44-31-28-37-25-24-36-19-12-32-51-47(36)48(37)52-44/h1-32H/i1D,2D,3D,4D,5D,6D,7D,8D,9D,12D,13D,14D,15D,16D,17D,18D,19D,22D,23D,24D,25D,26D,27D,28D,31D,32D. The van der Waals surface area contributed by atoms with Crippen molar-refractivity contribution in [1.82, 2.24) is 9.97 Å². The van der Waals surface area contributed by atoms with Crippen molar-refractivity contribution in [2.75, 3.05) is 0 Å². The summed E-state index contributed by atoms with van der Waals surface area (Å²) in [4.78, 5) is 8.77. The molecule has 0 unspecified atom stereocenters. The molecule has 3 heterocycles. The number of hydrogen-bond acceptors (Lipinski definition) is 3. The topological polar surface area (TPSA) is 38.9 Å². The average molecular weight is 703 g/mol. The third-order valence-corrected chi connectivity index (χ3v) is 8.39. The van der Waals surface area contributed by atoms with Crippen LogP contribution in [0.3, 0.4) is 0 Å². The van der Waals surface area contributed by atoms with Crippen molar-refractivity contribution in [3.63, 3.8) is 0 Å². The largest absolute Gasteiger partial charge is 0.455 e. The molecule has 0 aliphatic rings. The molecule has 0 bridgehead atoms.